The molecule has 0 aliphatic rings. The molecule has 0 unspecified atom stereocenters. The van der Waals surface area contributed by atoms with Crippen LogP contribution in [-0.4, -0.2) is 10.9 Å². The van der Waals surface area contributed by atoms with Crippen molar-refractivity contribution < 1.29 is 13.6 Å². The maximum atomic E-state index is 13.0. The van der Waals surface area contributed by atoms with Crippen molar-refractivity contribution in [1.82, 2.24) is 4.98 Å². The SMILES string of the molecule is Nc1ccc(Cl)c(C(=O)Nc2ccc(F)c(F)c2)n1. The molecular weight excluding hydrogens is 276 g/mol. The maximum Gasteiger partial charge on any atom is 0.275 e. The summed E-state index contributed by atoms with van der Waals surface area (Å²) in [6.07, 6.45) is 0. The van der Waals surface area contributed by atoms with Gasteiger partial charge in [0.05, 0.1) is 5.02 Å². The largest absolute Gasteiger partial charge is 0.384 e. The molecule has 1 heterocycles. The number of nitrogens with two attached hydrogens (primary N) is 1. The molecule has 19 heavy (non-hydrogen) atoms. The first-order chi connectivity index (χ1) is 8.97. The highest BCUT2D eigenvalue weighted by molar-refractivity contribution is 6.34. The topological polar surface area (TPSA) is 68.0 Å². The smallest absolute Gasteiger partial charge is 0.275 e. The van der Waals surface area contributed by atoms with E-state index in [4.69, 9.17) is 17.3 Å². The number of hydrogen-bond donors (Lipinski definition) is 2. The zero-order chi connectivity index (χ0) is 14.0. The van der Waals surface area contributed by atoms with Crippen LogP contribution in [0, 0.1) is 11.6 Å². The molecule has 7 heteroatoms. The van der Waals surface area contributed by atoms with E-state index in [-0.39, 0.29) is 22.2 Å². The summed E-state index contributed by atoms with van der Waals surface area (Å²) in [6, 6.07) is 5.84. The maximum absolute atomic E-state index is 13.0. The van der Waals surface area contributed by atoms with Gasteiger partial charge in [0.25, 0.3) is 5.91 Å². The van der Waals surface area contributed by atoms with Crippen molar-refractivity contribution in [3.8, 4) is 0 Å². The van der Waals surface area contributed by atoms with E-state index in [1.165, 1.54) is 18.2 Å². The van der Waals surface area contributed by atoms with Crippen LogP contribution in [0.5, 0.6) is 0 Å². The minimum atomic E-state index is -1.07. The highest BCUT2D eigenvalue weighted by atomic mass is 35.5. The Bertz CT molecular complexity index is 649. The molecule has 4 nitrogen and oxygen atoms in total. The first-order valence-corrected chi connectivity index (χ1v) is 5.53. The number of halogens is 3. The fraction of sp³-hybridized carbons (Fsp3) is 0. The third-order valence-corrected chi connectivity index (χ3v) is 2.57. The Morgan fingerprint density at radius 1 is 1.21 bits per heavy atom. The molecule has 2 rings (SSSR count). The van der Waals surface area contributed by atoms with Crippen LogP contribution in [0.15, 0.2) is 30.3 Å². The molecule has 1 aromatic heterocycles. The number of nitrogen functional groups attached to an aromatic ring is 1. The highest BCUT2D eigenvalue weighted by Crippen LogP contribution is 2.18. The van der Waals surface area contributed by atoms with E-state index in [1.54, 1.807) is 0 Å². The van der Waals surface area contributed by atoms with Gasteiger partial charge in [0.2, 0.25) is 0 Å². The molecule has 98 valence electrons. The average molecular weight is 284 g/mol. The number of aromatic nitrogens is 1. The molecule has 1 amide bonds. The van der Waals surface area contributed by atoms with Gasteiger partial charge in [-0.3, -0.25) is 4.79 Å². The van der Waals surface area contributed by atoms with Gasteiger partial charge in [0.15, 0.2) is 11.6 Å². The molecule has 0 fully saturated rings. The lowest BCUT2D eigenvalue weighted by Crippen LogP contribution is -2.15. The van der Waals surface area contributed by atoms with Crippen LogP contribution in [0.2, 0.25) is 5.02 Å². The second-order valence-electron chi connectivity index (χ2n) is 3.65. The minimum absolute atomic E-state index is 0.0872. The summed E-state index contributed by atoms with van der Waals surface area (Å²) >= 11 is 5.80. The van der Waals surface area contributed by atoms with Gasteiger partial charge < -0.3 is 11.1 Å². The van der Waals surface area contributed by atoms with Crippen LogP contribution >= 0.6 is 11.6 Å². The number of pyridine rings is 1. The summed E-state index contributed by atoms with van der Waals surface area (Å²) < 4.78 is 25.7. The van der Waals surface area contributed by atoms with Crippen molar-refractivity contribution in [2.24, 2.45) is 0 Å². The number of benzene rings is 1. The quantitative estimate of drug-likeness (QED) is 0.890. The molecule has 0 saturated carbocycles. The number of nitrogens with zero attached hydrogens (tertiary/aromatic N) is 1. The third kappa shape index (κ3) is 2.97. The van der Waals surface area contributed by atoms with Gasteiger partial charge in [-0.15, -0.1) is 0 Å². The van der Waals surface area contributed by atoms with E-state index in [1.807, 2.05) is 0 Å². The monoisotopic (exact) mass is 283 g/mol. The molecule has 0 bridgehead atoms. The second kappa shape index (κ2) is 5.19. The van der Waals surface area contributed by atoms with Gasteiger partial charge in [-0.25, -0.2) is 13.8 Å². The number of nitrogens with one attached hydrogen (secondary N) is 1. The number of carbonyl (C=O) groups excluding carboxylic acids is 1. The molecule has 0 spiro atoms. The van der Waals surface area contributed by atoms with E-state index in [9.17, 15) is 13.6 Å². The molecular formula is C12H8ClF2N3O. The number of carbonyl (C=O) groups is 1. The van der Waals surface area contributed by atoms with E-state index in [0.717, 1.165) is 12.1 Å². The van der Waals surface area contributed by atoms with Crippen molar-refractivity contribution in [2.45, 2.75) is 0 Å². The molecule has 2 aromatic rings. The first kappa shape index (κ1) is 13.2. The summed E-state index contributed by atoms with van der Waals surface area (Å²) in [6.45, 7) is 0. The molecule has 1 aromatic carbocycles. The van der Waals surface area contributed by atoms with E-state index < -0.39 is 17.5 Å². The van der Waals surface area contributed by atoms with Crippen molar-refractivity contribution in [3.63, 3.8) is 0 Å². The average Bonchev–Trinajstić information content (AvgIpc) is 2.36. The lowest BCUT2D eigenvalue weighted by atomic mass is 10.2. The number of hydrogen-bond acceptors (Lipinski definition) is 3. The summed E-state index contributed by atoms with van der Waals surface area (Å²) in [4.78, 5) is 15.6. The highest BCUT2D eigenvalue weighted by Gasteiger charge is 2.13. The van der Waals surface area contributed by atoms with Gasteiger partial charge in [-0.1, -0.05) is 11.6 Å². The van der Waals surface area contributed by atoms with Crippen molar-refractivity contribution in [2.75, 3.05) is 11.1 Å². The Hall–Kier alpha value is -2.21. The number of anilines is 2. The predicted octanol–water partition coefficient (Wildman–Crippen LogP) is 2.85. The third-order valence-electron chi connectivity index (χ3n) is 2.26. The normalized spacial score (nSPS) is 10.3. The molecule has 3 N–H and O–H groups in total. The molecule has 0 aliphatic carbocycles. The fourth-order valence-corrected chi connectivity index (χ4v) is 1.57. The molecule has 0 atom stereocenters. The van der Waals surface area contributed by atoms with Crippen LogP contribution in [0.1, 0.15) is 10.5 Å². The standard InChI is InChI=1S/C12H8ClF2N3O/c13-7-2-4-10(16)18-11(7)12(19)17-6-1-3-8(14)9(15)5-6/h1-5H,(H2,16,18)(H,17,19). The zero-order valence-electron chi connectivity index (χ0n) is 9.45. The van der Waals surface area contributed by atoms with E-state index in [2.05, 4.69) is 10.3 Å². The van der Waals surface area contributed by atoms with Gasteiger partial charge in [0, 0.05) is 11.8 Å². The minimum Gasteiger partial charge on any atom is -0.384 e. The van der Waals surface area contributed by atoms with Crippen LogP contribution < -0.4 is 11.1 Å². The Balaban J connectivity index is 2.25. The van der Waals surface area contributed by atoms with Crippen LogP contribution in [-0.2, 0) is 0 Å². The summed E-state index contributed by atoms with van der Waals surface area (Å²) in [5.41, 5.74) is 5.44. The zero-order valence-corrected chi connectivity index (χ0v) is 10.2. The van der Waals surface area contributed by atoms with E-state index >= 15 is 0 Å². The summed E-state index contributed by atoms with van der Waals surface area (Å²) in [5.74, 6) is -2.61. The number of amides is 1. The Morgan fingerprint density at radius 3 is 2.63 bits per heavy atom. The summed E-state index contributed by atoms with van der Waals surface area (Å²) in [7, 11) is 0. The van der Waals surface area contributed by atoms with Crippen molar-refractivity contribution in [1.29, 1.82) is 0 Å². The molecule has 0 saturated heterocycles. The fourth-order valence-electron chi connectivity index (χ4n) is 1.38. The van der Waals surface area contributed by atoms with Crippen molar-refractivity contribution >= 4 is 29.0 Å². The van der Waals surface area contributed by atoms with Gasteiger partial charge in [0.1, 0.15) is 11.5 Å². The lowest BCUT2D eigenvalue weighted by molar-refractivity contribution is 0.102. The van der Waals surface area contributed by atoms with Gasteiger partial charge >= 0.3 is 0 Å². The second-order valence-corrected chi connectivity index (χ2v) is 4.06. The van der Waals surface area contributed by atoms with Gasteiger partial charge in [-0.05, 0) is 24.3 Å². The number of rotatable bonds is 2. The van der Waals surface area contributed by atoms with Crippen LogP contribution in [0.3, 0.4) is 0 Å². The molecule has 0 radical (unpaired) electrons. The lowest BCUT2D eigenvalue weighted by Gasteiger charge is -2.07. The van der Waals surface area contributed by atoms with Crippen molar-refractivity contribution in [3.05, 3.63) is 52.7 Å². The first-order valence-electron chi connectivity index (χ1n) is 5.16. The Morgan fingerprint density at radius 2 is 1.95 bits per heavy atom. The Labute approximate surface area is 112 Å². The predicted molar refractivity (Wildman–Crippen MR) is 68.0 cm³/mol. The Kier molecular flexibility index (Phi) is 3.62. The van der Waals surface area contributed by atoms with Gasteiger partial charge in [-0.2, -0.15) is 0 Å². The van der Waals surface area contributed by atoms with E-state index in [0.29, 0.717) is 0 Å². The van der Waals surface area contributed by atoms with Crippen LogP contribution in [0.25, 0.3) is 0 Å². The molecule has 0 aliphatic heterocycles. The van der Waals surface area contributed by atoms with Crippen LogP contribution in [0.4, 0.5) is 20.3 Å². The summed E-state index contributed by atoms with van der Waals surface area (Å²) in [5, 5.41) is 2.45.